The summed E-state index contributed by atoms with van der Waals surface area (Å²) >= 11 is 13.8. The number of carbonyl (C=O) groups excluding carboxylic acids is 1. The van der Waals surface area contributed by atoms with Crippen LogP contribution >= 0.6 is 35.0 Å². The third-order valence-corrected chi connectivity index (χ3v) is 5.71. The van der Waals surface area contributed by atoms with Gasteiger partial charge in [-0.05, 0) is 55.3 Å². The van der Waals surface area contributed by atoms with Crippen molar-refractivity contribution >= 4 is 53.1 Å². The summed E-state index contributed by atoms with van der Waals surface area (Å²) in [5, 5.41) is 14.0. The summed E-state index contributed by atoms with van der Waals surface area (Å²) in [4.78, 5) is 31.5. The fraction of sp³-hybridized carbons (Fsp3) is 0.174. The van der Waals surface area contributed by atoms with E-state index in [1.54, 1.807) is 24.3 Å². The smallest absolute Gasteiger partial charge is 0.335 e. The molecule has 0 spiro atoms. The summed E-state index contributed by atoms with van der Waals surface area (Å²) in [5.74, 6) is -0.907. The predicted molar refractivity (Wildman–Crippen MR) is 132 cm³/mol. The van der Waals surface area contributed by atoms with Gasteiger partial charge >= 0.3 is 5.97 Å². The van der Waals surface area contributed by atoms with Crippen molar-refractivity contribution in [2.24, 2.45) is 5.10 Å². The van der Waals surface area contributed by atoms with Crippen LogP contribution in [0.1, 0.15) is 32.9 Å². The van der Waals surface area contributed by atoms with Crippen LogP contribution in [0.2, 0.25) is 10.0 Å². The van der Waals surface area contributed by atoms with Crippen LogP contribution in [-0.2, 0) is 11.4 Å². The zero-order valence-corrected chi connectivity index (χ0v) is 20.5. The zero-order valence-electron chi connectivity index (χ0n) is 18.2. The highest BCUT2D eigenvalue weighted by Gasteiger charge is 2.11. The first kappa shape index (κ1) is 25.5. The average Bonchev–Trinajstić information content (AvgIpc) is 2.77. The molecule has 0 aliphatic heterocycles. The van der Waals surface area contributed by atoms with E-state index in [1.165, 1.54) is 30.1 Å². The molecule has 1 amide bonds. The standard InChI is InChI=1S/C23H20Cl2N4O4S/c1-13-7-14(2)28-23(27-13)34-12-20(30)29-26-10-16-8-18(24)21(19(25)9-16)33-11-15-3-5-17(6-4-15)22(31)32/h3-10H,11-12H2,1-2H3,(H,29,30)(H,31,32)/b26-10-. The van der Waals surface area contributed by atoms with Crippen LogP contribution in [0.25, 0.3) is 0 Å². The fourth-order valence-corrected chi connectivity index (χ4v) is 4.15. The molecule has 0 fully saturated rings. The monoisotopic (exact) mass is 518 g/mol. The van der Waals surface area contributed by atoms with Gasteiger partial charge in [-0.3, -0.25) is 4.79 Å². The predicted octanol–water partition coefficient (Wildman–Crippen LogP) is 4.92. The van der Waals surface area contributed by atoms with Crippen molar-refractivity contribution in [3.63, 3.8) is 0 Å². The van der Waals surface area contributed by atoms with Gasteiger partial charge in [-0.2, -0.15) is 5.10 Å². The van der Waals surface area contributed by atoms with E-state index in [9.17, 15) is 9.59 Å². The van der Waals surface area contributed by atoms with Crippen molar-refractivity contribution in [1.29, 1.82) is 0 Å². The number of benzene rings is 2. The molecule has 2 N–H and O–H groups in total. The van der Waals surface area contributed by atoms with Gasteiger partial charge in [0.15, 0.2) is 10.9 Å². The topological polar surface area (TPSA) is 114 Å². The maximum absolute atomic E-state index is 12.0. The minimum absolute atomic E-state index is 0.113. The number of halogens is 2. The van der Waals surface area contributed by atoms with E-state index in [0.717, 1.165) is 17.0 Å². The van der Waals surface area contributed by atoms with E-state index in [1.807, 2.05) is 19.9 Å². The minimum Gasteiger partial charge on any atom is -0.486 e. The van der Waals surface area contributed by atoms with Gasteiger partial charge in [0.25, 0.3) is 5.91 Å². The lowest BCUT2D eigenvalue weighted by atomic mass is 10.1. The Labute approximate surface area is 210 Å². The lowest BCUT2D eigenvalue weighted by molar-refractivity contribution is -0.118. The molecule has 0 aliphatic carbocycles. The number of aryl methyl sites for hydroxylation is 2. The highest BCUT2D eigenvalue weighted by molar-refractivity contribution is 7.99. The molecular formula is C23H20Cl2N4O4S. The number of carboxylic acids is 1. The average molecular weight is 519 g/mol. The lowest BCUT2D eigenvalue weighted by Crippen LogP contribution is -2.19. The molecule has 176 valence electrons. The zero-order chi connectivity index (χ0) is 24.7. The van der Waals surface area contributed by atoms with Crippen LogP contribution in [0.15, 0.2) is 52.7 Å². The number of hydrazone groups is 1. The Morgan fingerprint density at radius 2 is 1.71 bits per heavy atom. The number of nitrogens with one attached hydrogen (secondary N) is 1. The first-order chi connectivity index (χ1) is 16.2. The Kier molecular flexibility index (Phi) is 8.86. The van der Waals surface area contributed by atoms with Crippen LogP contribution in [0.4, 0.5) is 0 Å². The van der Waals surface area contributed by atoms with Crippen molar-refractivity contribution in [2.75, 3.05) is 5.75 Å². The van der Waals surface area contributed by atoms with Crippen molar-refractivity contribution in [2.45, 2.75) is 25.6 Å². The molecule has 2 aromatic carbocycles. The Bertz CT molecular complexity index is 1190. The number of rotatable bonds is 9. The highest BCUT2D eigenvalue weighted by atomic mass is 35.5. The second kappa shape index (κ2) is 11.8. The third-order valence-electron chi connectivity index (χ3n) is 4.30. The van der Waals surface area contributed by atoms with Gasteiger partial charge in [0.05, 0.1) is 27.6 Å². The molecule has 11 heteroatoms. The molecule has 0 radical (unpaired) electrons. The number of amides is 1. The van der Waals surface area contributed by atoms with Gasteiger partial charge < -0.3 is 9.84 Å². The number of thioether (sulfide) groups is 1. The molecule has 0 saturated heterocycles. The SMILES string of the molecule is Cc1cc(C)nc(SCC(=O)N/N=C\c2cc(Cl)c(OCc3ccc(C(=O)O)cc3)c(Cl)c2)n1. The Morgan fingerprint density at radius 1 is 1.09 bits per heavy atom. The second-order valence-corrected chi connectivity index (χ2v) is 8.88. The van der Waals surface area contributed by atoms with Crippen molar-refractivity contribution in [1.82, 2.24) is 15.4 Å². The van der Waals surface area contributed by atoms with Crippen molar-refractivity contribution in [3.05, 3.63) is 80.6 Å². The summed E-state index contributed by atoms with van der Waals surface area (Å²) in [6, 6.07) is 11.4. The molecule has 1 heterocycles. The Morgan fingerprint density at radius 3 is 2.29 bits per heavy atom. The molecule has 1 aromatic heterocycles. The number of carboxylic acid groups (broad SMARTS) is 1. The normalized spacial score (nSPS) is 10.9. The van der Waals surface area contributed by atoms with Gasteiger partial charge in [-0.25, -0.2) is 20.2 Å². The number of nitrogens with zero attached hydrogens (tertiary/aromatic N) is 3. The number of aromatic nitrogens is 2. The number of hydrogen-bond donors (Lipinski definition) is 2. The van der Waals surface area contributed by atoms with Crippen molar-refractivity contribution in [3.8, 4) is 5.75 Å². The Hall–Kier alpha value is -3.14. The summed E-state index contributed by atoms with van der Waals surface area (Å²) in [6.07, 6.45) is 1.42. The third kappa shape index (κ3) is 7.44. The summed E-state index contributed by atoms with van der Waals surface area (Å²) in [6.45, 7) is 3.90. The first-order valence-corrected chi connectivity index (χ1v) is 11.7. The van der Waals surface area contributed by atoms with Crippen LogP contribution < -0.4 is 10.2 Å². The number of aromatic carboxylic acids is 1. The van der Waals surface area contributed by atoms with Gasteiger partial charge in [-0.15, -0.1) is 0 Å². The summed E-state index contributed by atoms with van der Waals surface area (Å²) in [7, 11) is 0. The highest BCUT2D eigenvalue weighted by Crippen LogP contribution is 2.34. The van der Waals surface area contributed by atoms with E-state index in [4.69, 9.17) is 33.0 Å². The number of hydrogen-bond acceptors (Lipinski definition) is 7. The van der Waals surface area contributed by atoms with Crippen LogP contribution in [0.3, 0.4) is 0 Å². The molecule has 0 unspecified atom stereocenters. The fourth-order valence-electron chi connectivity index (χ4n) is 2.79. The molecule has 0 aliphatic rings. The molecule has 0 saturated carbocycles. The molecule has 3 aromatic rings. The molecule has 0 atom stereocenters. The van der Waals surface area contributed by atoms with Gasteiger partial charge in [0, 0.05) is 11.4 Å². The molecule has 8 nitrogen and oxygen atoms in total. The molecule has 0 bridgehead atoms. The van der Waals surface area contributed by atoms with E-state index < -0.39 is 5.97 Å². The van der Waals surface area contributed by atoms with Crippen LogP contribution in [-0.4, -0.2) is 38.9 Å². The van der Waals surface area contributed by atoms with E-state index in [-0.39, 0.29) is 39.6 Å². The molecular weight excluding hydrogens is 499 g/mol. The van der Waals surface area contributed by atoms with E-state index in [2.05, 4.69) is 20.5 Å². The van der Waals surface area contributed by atoms with Gasteiger partial charge in [0.2, 0.25) is 0 Å². The molecule has 34 heavy (non-hydrogen) atoms. The van der Waals surface area contributed by atoms with Crippen molar-refractivity contribution < 1.29 is 19.4 Å². The largest absolute Gasteiger partial charge is 0.486 e. The minimum atomic E-state index is -0.999. The van der Waals surface area contributed by atoms with E-state index >= 15 is 0 Å². The molecule has 3 rings (SSSR count). The first-order valence-electron chi connectivity index (χ1n) is 9.92. The van der Waals surface area contributed by atoms with E-state index in [0.29, 0.717) is 10.7 Å². The summed E-state index contributed by atoms with van der Waals surface area (Å²) < 4.78 is 5.70. The maximum Gasteiger partial charge on any atom is 0.335 e. The van der Waals surface area contributed by atoms with Gasteiger partial charge in [-0.1, -0.05) is 47.1 Å². The van der Waals surface area contributed by atoms with Crippen LogP contribution in [0, 0.1) is 13.8 Å². The Balaban J connectivity index is 1.54. The van der Waals surface area contributed by atoms with Gasteiger partial charge in [0.1, 0.15) is 6.61 Å². The summed E-state index contributed by atoms with van der Waals surface area (Å²) in [5.41, 5.74) is 5.63. The second-order valence-electron chi connectivity index (χ2n) is 7.12. The number of ether oxygens (including phenoxy) is 1. The maximum atomic E-state index is 12.0. The number of carbonyl (C=O) groups is 2. The quantitative estimate of drug-likeness (QED) is 0.179. The van der Waals surface area contributed by atoms with Crippen LogP contribution in [0.5, 0.6) is 5.75 Å². The lowest BCUT2D eigenvalue weighted by Gasteiger charge is -2.11.